The maximum absolute atomic E-state index is 12.8. The van der Waals surface area contributed by atoms with E-state index in [0.29, 0.717) is 12.1 Å². The Hall–Kier alpha value is -3.10. The highest BCUT2D eigenvalue weighted by atomic mass is 35.5. The van der Waals surface area contributed by atoms with Crippen molar-refractivity contribution in [2.24, 2.45) is 21.7 Å². The molecule has 3 aromatic rings. The molecule has 1 aliphatic carbocycles. The molecule has 7 nitrogen and oxygen atoms in total. The minimum Gasteiger partial charge on any atom is -0.369 e. The molecule has 150 valence electrons. The number of hydrogen-bond acceptors (Lipinski definition) is 4. The molecule has 0 bridgehead atoms. The number of nitrogens with zero attached hydrogens (tertiary/aromatic N) is 2. The maximum Gasteiger partial charge on any atom is 0.261 e. The average molecular weight is 430 g/mol. The highest BCUT2D eigenvalue weighted by Crippen LogP contribution is 2.28. The van der Waals surface area contributed by atoms with Crippen molar-refractivity contribution < 1.29 is 8.42 Å². The molecular weight excluding hydrogens is 410 g/mol. The van der Waals surface area contributed by atoms with E-state index < -0.39 is 10.0 Å². The normalized spacial score (nSPS) is 14.3. The standard InChI is InChI=1S/C20H19N5O2S.ClH/c21-20(22)24-23-19-10-7-14-5-8-16(12-18(14)19)25-28(26,27)17-9-6-13-3-1-2-4-15(13)11-17;/h1-6,8-9,11-12,25H,7,10H2,(H4,21,22,24);1H/b23-19-;. The van der Waals surface area contributed by atoms with Gasteiger partial charge in [-0.1, -0.05) is 36.4 Å². The Morgan fingerprint density at radius 2 is 1.69 bits per heavy atom. The van der Waals surface area contributed by atoms with E-state index in [4.69, 9.17) is 11.5 Å². The van der Waals surface area contributed by atoms with E-state index in [0.717, 1.165) is 34.0 Å². The Bertz CT molecular complexity index is 1230. The number of rotatable bonds is 4. The minimum absolute atomic E-state index is 0. The number of fused-ring (bicyclic) bond motifs is 2. The van der Waals surface area contributed by atoms with Crippen LogP contribution < -0.4 is 16.2 Å². The highest BCUT2D eigenvalue weighted by molar-refractivity contribution is 7.92. The molecule has 3 aromatic carbocycles. The smallest absolute Gasteiger partial charge is 0.261 e. The predicted octanol–water partition coefficient (Wildman–Crippen LogP) is 2.99. The lowest BCUT2D eigenvalue weighted by Crippen LogP contribution is -2.22. The maximum atomic E-state index is 12.8. The fourth-order valence-corrected chi connectivity index (χ4v) is 4.37. The van der Waals surface area contributed by atoms with E-state index >= 15 is 0 Å². The monoisotopic (exact) mass is 429 g/mol. The van der Waals surface area contributed by atoms with Gasteiger partial charge in [-0.05, 0) is 53.4 Å². The molecule has 0 atom stereocenters. The number of halogens is 1. The number of anilines is 1. The fraction of sp³-hybridized carbons (Fsp3) is 0.100. The third kappa shape index (κ3) is 4.33. The molecular formula is C20H20ClN5O2S. The van der Waals surface area contributed by atoms with E-state index in [1.54, 1.807) is 30.3 Å². The minimum atomic E-state index is -3.72. The Morgan fingerprint density at radius 1 is 0.931 bits per heavy atom. The first-order chi connectivity index (χ1) is 13.4. The van der Waals surface area contributed by atoms with Gasteiger partial charge in [-0.2, -0.15) is 5.10 Å². The quantitative estimate of drug-likeness (QED) is 0.335. The zero-order valence-corrected chi connectivity index (χ0v) is 17.0. The first-order valence-corrected chi connectivity index (χ1v) is 10.2. The third-order valence-corrected chi connectivity index (χ3v) is 6.00. The van der Waals surface area contributed by atoms with Gasteiger partial charge in [-0.15, -0.1) is 17.5 Å². The van der Waals surface area contributed by atoms with Crippen molar-refractivity contribution in [3.05, 3.63) is 71.8 Å². The molecule has 1 aliphatic rings. The number of aryl methyl sites for hydroxylation is 1. The van der Waals surface area contributed by atoms with Crippen LogP contribution in [0.3, 0.4) is 0 Å². The van der Waals surface area contributed by atoms with Crippen LogP contribution in [0, 0.1) is 0 Å². The summed E-state index contributed by atoms with van der Waals surface area (Å²) in [5, 5.41) is 9.63. The van der Waals surface area contributed by atoms with E-state index in [1.165, 1.54) is 0 Å². The number of hydrogen-bond donors (Lipinski definition) is 3. The van der Waals surface area contributed by atoms with Crippen molar-refractivity contribution in [3.63, 3.8) is 0 Å². The number of nitrogens with one attached hydrogen (secondary N) is 1. The van der Waals surface area contributed by atoms with Crippen LogP contribution in [0.5, 0.6) is 0 Å². The lowest BCUT2D eigenvalue weighted by Gasteiger charge is -2.10. The summed E-state index contributed by atoms with van der Waals surface area (Å²) in [6.45, 7) is 0. The summed E-state index contributed by atoms with van der Waals surface area (Å²) in [5.74, 6) is -0.117. The Labute approximate surface area is 175 Å². The lowest BCUT2D eigenvalue weighted by atomic mass is 10.1. The molecule has 0 fully saturated rings. The van der Waals surface area contributed by atoms with Gasteiger partial charge < -0.3 is 11.5 Å². The van der Waals surface area contributed by atoms with Gasteiger partial charge in [0.05, 0.1) is 10.6 Å². The van der Waals surface area contributed by atoms with E-state index in [1.807, 2.05) is 30.3 Å². The summed E-state index contributed by atoms with van der Waals surface area (Å²) in [7, 11) is -3.72. The van der Waals surface area contributed by atoms with Crippen molar-refractivity contribution >= 4 is 50.6 Å². The van der Waals surface area contributed by atoms with Crippen LogP contribution in [-0.2, 0) is 16.4 Å². The number of benzene rings is 3. The molecule has 0 amide bonds. The number of guanidine groups is 1. The van der Waals surface area contributed by atoms with Gasteiger partial charge in [0.25, 0.3) is 10.0 Å². The van der Waals surface area contributed by atoms with E-state index in [2.05, 4.69) is 14.9 Å². The molecule has 0 saturated carbocycles. The van der Waals surface area contributed by atoms with Gasteiger partial charge in [-0.25, -0.2) is 8.42 Å². The predicted molar refractivity (Wildman–Crippen MR) is 119 cm³/mol. The van der Waals surface area contributed by atoms with Gasteiger partial charge in [0.2, 0.25) is 5.96 Å². The van der Waals surface area contributed by atoms with Crippen LogP contribution in [0.1, 0.15) is 17.5 Å². The summed E-state index contributed by atoms with van der Waals surface area (Å²) in [6.07, 6.45) is 1.51. The fourth-order valence-electron chi connectivity index (χ4n) is 3.28. The number of sulfonamides is 1. The summed E-state index contributed by atoms with van der Waals surface area (Å²) in [4.78, 5) is 0.209. The van der Waals surface area contributed by atoms with Gasteiger partial charge >= 0.3 is 0 Å². The molecule has 0 heterocycles. The SMILES string of the molecule is Cl.NC(N)=N/N=C1/CCc2ccc(NS(=O)(=O)c3ccc4ccccc4c3)cc21. The van der Waals surface area contributed by atoms with Crippen molar-refractivity contribution in [1.29, 1.82) is 0 Å². The Balaban J connectivity index is 0.00000240. The molecule has 0 unspecified atom stereocenters. The second-order valence-electron chi connectivity index (χ2n) is 6.56. The zero-order valence-electron chi connectivity index (χ0n) is 15.4. The second kappa shape index (κ2) is 8.10. The van der Waals surface area contributed by atoms with Crippen molar-refractivity contribution in [2.75, 3.05) is 4.72 Å². The first-order valence-electron chi connectivity index (χ1n) is 8.73. The molecule has 0 spiro atoms. The topological polar surface area (TPSA) is 123 Å². The number of nitrogens with two attached hydrogens (primary N) is 2. The van der Waals surface area contributed by atoms with Gasteiger partial charge in [0.1, 0.15) is 0 Å². The van der Waals surface area contributed by atoms with Crippen LogP contribution in [0.15, 0.2) is 75.8 Å². The van der Waals surface area contributed by atoms with Crippen molar-refractivity contribution in [2.45, 2.75) is 17.7 Å². The zero-order chi connectivity index (χ0) is 19.7. The average Bonchev–Trinajstić information content (AvgIpc) is 3.08. The third-order valence-electron chi connectivity index (χ3n) is 4.62. The molecule has 5 N–H and O–H groups in total. The summed E-state index contributed by atoms with van der Waals surface area (Å²) in [6, 6.07) is 18.1. The molecule has 0 aromatic heterocycles. The molecule has 0 aliphatic heterocycles. The van der Waals surface area contributed by atoms with Crippen LogP contribution in [0.2, 0.25) is 0 Å². The van der Waals surface area contributed by atoms with Crippen molar-refractivity contribution in [3.8, 4) is 0 Å². The first kappa shape index (κ1) is 20.6. The molecule has 0 saturated heterocycles. The van der Waals surface area contributed by atoms with Crippen LogP contribution in [-0.4, -0.2) is 20.1 Å². The lowest BCUT2D eigenvalue weighted by molar-refractivity contribution is 0.601. The van der Waals surface area contributed by atoms with Crippen molar-refractivity contribution in [1.82, 2.24) is 0 Å². The van der Waals surface area contributed by atoms with Crippen LogP contribution >= 0.6 is 12.4 Å². The van der Waals surface area contributed by atoms with E-state index in [-0.39, 0.29) is 23.3 Å². The molecule has 29 heavy (non-hydrogen) atoms. The van der Waals surface area contributed by atoms with Crippen LogP contribution in [0.25, 0.3) is 10.8 Å². The molecule has 9 heteroatoms. The van der Waals surface area contributed by atoms with Gasteiger partial charge in [-0.3, -0.25) is 4.72 Å². The van der Waals surface area contributed by atoms with E-state index in [9.17, 15) is 8.42 Å². The summed E-state index contributed by atoms with van der Waals surface area (Å²) < 4.78 is 28.3. The Kier molecular flexibility index (Phi) is 5.76. The molecule has 4 rings (SSSR count). The summed E-state index contributed by atoms with van der Waals surface area (Å²) >= 11 is 0. The van der Waals surface area contributed by atoms with Gasteiger partial charge in [0.15, 0.2) is 0 Å². The second-order valence-corrected chi connectivity index (χ2v) is 8.24. The highest BCUT2D eigenvalue weighted by Gasteiger charge is 2.20. The largest absolute Gasteiger partial charge is 0.369 e. The van der Waals surface area contributed by atoms with Gasteiger partial charge in [0, 0.05) is 11.3 Å². The molecule has 0 radical (unpaired) electrons. The summed E-state index contributed by atoms with van der Waals surface area (Å²) in [5.41, 5.74) is 13.8. The van der Waals surface area contributed by atoms with Crippen LogP contribution in [0.4, 0.5) is 5.69 Å². The Morgan fingerprint density at radius 3 is 2.45 bits per heavy atom.